The summed E-state index contributed by atoms with van der Waals surface area (Å²) in [6, 6.07) is 10.8. The minimum Gasteiger partial charge on any atom is -0.493 e. The summed E-state index contributed by atoms with van der Waals surface area (Å²) in [5, 5.41) is 0. The molecule has 3 aliphatic heterocycles. The summed E-state index contributed by atoms with van der Waals surface area (Å²) in [6.45, 7) is 2.13. The molecule has 3 fully saturated rings. The highest BCUT2D eigenvalue weighted by Gasteiger charge is 2.34. The molecule has 4 amide bonds. The summed E-state index contributed by atoms with van der Waals surface area (Å²) < 4.78 is 22.1. The lowest BCUT2D eigenvalue weighted by molar-refractivity contribution is -0.140. The molecule has 0 bridgehead atoms. The number of thioether (sulfide) groups is 2. The third kappa shape index (κ3) is 9.04. The van der Waals surface area contributed by atoms with Crippen molar-refractivity contribution in [2.45, 2.75) is 19.3 Å². The molecule has 0 aromatic heterocycles. The average molecular weight is 771 g/mol. The van der Waals surface area contributed by atoms with Gasteiger partial charge < -0.3 is 28.7 Å². The van der Waals surface area contributed by atoms with Gasteiger partial charge >= 0.3 is 0 Å². The van der Waals surface area contributed by atoms with E-state index in [0.29, 0.717) is 80.6 Å². The van der Waals surface area contributed by atoms with E-state index in [-0.39, 0.29) is 43.0 Å². The summed E-state index contributed by atoms with van der Waals surface area (Å²) in [4.78, 5) is 59.7. The Hall–Kier alpha value is -4.12. The number of carbonyl (C=O) groups is 4. The smallest absolute Gasteiger partial charge is 0.266 e. The van der Waals surface area contributed by atoms with Gasteiger partial charge in [0.05, 0.1) is 38.2 Å². The molecule has 0 unspecified atom stereocenters. The van der Waals surface area contributed by atoms with Crippen molar-refractivity contribution in [2.24, 2.45) is 0 Å². The third-order valence-corrected chi connectivity index (χ3v) is 11.2. The second-order valence-electron chi connectivity index (χ2n) is 11.5. The minimum absolute atomic E-state index is 0.0350. The highest BCUT2D eigenvalue weighted by Crippen LogP contribution is 2.36. The topological polar surface area (TPSA) is 118 Å². The lowest BCUT2D eigenvalue weighted by Gasteiger charge is -2.35. The summed E-state index contributed by atoms with van der Waals surface area (Å²) >= 11 is 13.3. The van der Waals surface area contributed by atoms with Crippen molar-refractivity contribution in [1.82, 2.24) is 19.6 Å². The molecule has 0 saturated carbocycles. The fourth-order valence-electron chi connectivity index (χ4n) is 5.69. The molecule has 5 rings (SSSR count). The molecule has 270 valence electrons. The van der Waals surface area contributed by atoms with Gasteiger partial charge in [-0.25, -0.2) is 0 Å². The van der Waals surface area contributed by atoms with Crippen LogP contribution in [0.25, 0.3) is 12.2 Å². The number of hydrogen-bond donors (Lipinski definition) is 0. The number of piperazine rings is 1. The molecular formula is C35H38N4O8S4. The first-order valence-electron chi connectivity index (χ1n) is 16.1. The lowest BCUT2D eigenvalue weighted by Crippen LogP contribution is -2.51. The van der Waals surface area contributed by atoms with Crippen LogP contribution >= 0.6 is 48.0 Å². The van der Waals surface area contributed by atoms with Gasteiger partial charge in [-0.05, 0) is 54.0 Å². The van der Waals surface area contributed by atoms with Gasteiger partial charge in [0.15, 0.2) is 23.0 Å². The van der Waals surface area contributed by atoms with Crippen molar-refractivity contribution < 1.29 is 38.1 Å². The van der Waals surface area contributed by atoms with Crippen molar-refractivity contribution in [2.75, 3.05) is 67.7 Å². The van der Waals surface area contributed by atoms with Gasteiger partial charge in [-0.2, -0.15) is 0 Å². The van der Waals surface area contributed by atoms with Crippen LogP contribution < -0.4 is 18.9 Å². The first-order chi connectivity index (χ1) is 24.6. The van der Waals surface area contributed by atoms with E-state index in [4.69, 9.17) is 43.4 Å². The maximum Gasteiger partial charge on any atom is 0.266 e. The Kier molecular flexibility index (Phi) is 13.0. The van der Waals surface area contributed by atoms with E-state index < -0.39 is 0 Å². The predicted octanol–water partition coefficient (Wildman–Crippen LogP) is 4.66. The van der Waals surface area contributed by atoms with Gasteiger partial charge in [0.2, 0.25) is 11.8 Å². The molecule has 0 atom stereocenters. The second-order valence-corrected chi connectivity index (χ2v) is 14.9. The molecule has 0 radical (unpaired) electrons. The lowest BCUT2D eigenvalue weighted by atomic mass is 10.2. The van der Waals surface area contributed by atoms with Crippen LogP contribution in [0.15, 0.2) is 46.2 Å². The van der Waals surface area contributed by atoms with Crippen LogP contribution in [-0.4, -0.2) is 120 Å². The number of ether oxygens (including phenoxy) is 4. The molecule has 3 heterocycles. The molecule has 12 nitrogen and oxygen atoms in total. The van der Waals surface area contributed by atoms with Crippen molar-refractivity contribution in [1.29, 1.82) is 0 Å². The van der Waals surface area contributed by atoms with E-state index in [2.05, 4.69) is 0 Å². The Labute approximate surface area is 316 Å². The van der Waals surface area contributed by atoms with Gasteiger partial charge in [-0.1, -0.05) is 60.1 Å². The number of hydrogen-bond acceptors (Lipinski definition) is 12. The van der Waals surface area contributed by atoms with E-state index in [1.165, 1.54) is 33.3 Å². The highest BCUT2D eigenvalue weighted by atomic mass is 32.2. The van der Waals surface area contributed by atoms with Crippen LogP contribution in [0.4, 0.5) is 0 Å². The third-order valence-electron chi connectivity index (χ3n) is 8.46. The molecule has 3 aliphatic rings. The molecule has 0 N–H and O–H groups in total. The normalized spacial score (nSPS) is 18.0. The molecule has 2 aromatic rings. The fourth-order valence-corrected chi connectivity index (χ4v) is 8.31. The maximum atomic E-state index is 13.1. The molecule has 51 heavy (non-hydrogen) atoms. The Bertz CT molecular complexity index is 1790. The first kappa shape index (κ1) is 38.1. The Balaban J connectivity index is 1.05. The van der Waals surface area contributed by atoms with Gasteiger partial charge in [-0.15, -0.1) is 0 Å². The van der Waals surface area contributed by atoms with Crippen LogP contribution in [-0.2, 0) is 19.2 Å². The summed E-state index contributed by atoms with van der Waals surface area (Å²) in [6.07, 6.45) is 4.34. The average Bonchev–Trinajstić information content (AvgIpc) is 3.56. The number of carbonyl (C=O) groups excluding carboxylic acids is 4. The van der Waals surface area contributed by atoms with Crippen LogP contribution in [0.5, 0.6) is 23.0 Å². The van der Waals surface area contributed by atoms with Crippen LogP contribution in [0.1, 0.15) is 30.4 Å². The minimum atomic E-state index is -0.247. The van der Waals surface area contributed by atoms with E-state index in [9.17, 15) is 19.2 Å². The number of amides is 4. The van der Waals surface area contributed by atoms with E-state index in [0.717, 1.165) is 11.1 Å². The van der Waals surface area contributed by atoms with Crippen LogP contribution in [0.2, 0.25) is 0 Å². The zero-order valence-electron chi connectivity index (χ0n) is 28.7. The number of rotatable bonds is 13. The maximum absolute atomic E-state index is 13.1. The zero-order chi connectivity index (χ0) is 36.7. The molecule has 2 aromatic carbocycles. The molecule has 16 heteroatoms. The van der Waals surface area contributed by atoms with Crippen molar-refractivity contribution >= 4 is 92.4 Å². The van der Waals surface area contributed by atoms with Crippen LogP contribution in [0, 0.1) is 0 Å². The van der Waals surface area contributed by atoms with Crippen molar-refractivity contribution in [3.05, 3.63) is 57.3 Å². The SMILES string of the molecule is COc1ccc(/C=C2\SC(=S)N(CCCC(=O)N3CCN(C(=O)CCN4C(=O)/C(=C\c5ccc(OC)c(OC)c5)SC4=S)CC3)C2=O)cc1OC. The van der Waals surface area contributed by atoms with Crippen molar-refractivity contribution in [3.8, 4) is 23.0 Å². The summed E-state index contributed by atoms with van der Waals surface area (Å²) in [7, 11) is 6.21. The van der Waals surface area contributed by atoms with Gasteiger partial charge in [-0.3, -0.25) is 29.0 Å². The monoisotopic (exact) mass is 770 g/mol. The predicted molar refractivity (Wildman–Crippen MR) is 206 cm³/mol. The quantitative estimate of drug-likeness (QED) is 0.208. The fraction of sp³-hybridized carbons (Fsp3) is 0.371. The zero-order valence-corrected chi connectivity index (χ0v) is 31.9. The largest absolute Gasteiger partial charge is 0.493 e. The van der Waals surface area contributed by atoms with Crippen LogP contribution in [0.3, 0.4) is 0 Å². The van der Waals surface area contributed by atoms with Gasteiger partial charge in [0.25, 0.3) is 11.8 Å². The molecule has 0 aliphatic carbocycles. The summed E-state index contributed by atoms with van der Waals surface area (Å²) in [5.74, 6) is 1.71. The standard InChI is InChI=1S/C35H38N4O8S4/c1-44-24-9-7-22(18-26(24)46-3)20-28-32(42)38(34(48)50-28)12-5-6-30(40)36-14-16-37(17-15-36)31(41)11-13-39-33(43)29(51-35(39)49)21-23-8-10-25(45-2)27(19-23)47-4/h7-10,18-21H,5-6,11-17H2,1-4H3/b28-20-,29-21+. The number of nitrogens with zero attached hydrogens (tertiary/aromatic N) is 4. The Morgan fingerprint density at radius 2 is 1.06 bits per heavy atom. The van der Waals surface area contributed by atoms with E-state index >= 15 is 0 Å². The molecule has 0 spiro atoms. The number of thiocarbonyl (C=S) groups is 2. The molecular weight excluding hydrogens is 733 g/mol. The van der Waals surface area contributed by atoms with E-state index in [1.54, 1.807) is 74.7 Å². The summed E-state index contributed by atoms with van der Waals surface area (Å²) in [5.41, 5.74) is 1.54. The highest BCUT2D eigenvalue weighted by molar-refractivity contribution is 8.27. The Morgan fingerprint density at radius 1 is 0.647 bits per heavy atom. The Morgan fingerprint density at radius 3 is 1.49 bits per heavy atom. The first-order valence-corrected chi connectivity index (χ1v) is 18.5. The second kappa shape index (κ2) is 17.4. The number of benzene rings is 2. The van der Waals surface area contributed by atoms with Crippen molar-refractivity contribution in [3.63, 3.8) is 0 Å². The van der Waals surface area contributed by atoms with Gasteiger partial charge in [0, 0.05) is 52.1 Å². The van der Waals surface area contributed by atoms with E-state index in [1.807, 2.05) is 12.1 Å². The number of methoxy groups -OCH3 is 4. The van der Waals surface area contributed by atoms with Gasteiger partial charge in [0.1, 0.15) is 8.64 Å². The molecule has 3 saturated heterocycles.